The van der Waals surface area contributed by atoms with Crippen molar-refractivity contribution in [3.8, 4) is 0 Å². The van der Waals surface area contributed by atoms with Gasteiger partial charge in [-0.1, -0.05) is 19.8 Å². The number of likely N-dealkylation sites (tertiary alicyclic amines) is 1. The molecule has 5 heteroatoms. The topological polar surface area (TPSA) is 53.4 Å². The number of aliphatic carboxylic acids is 1. The Morgan fingerprint density at radius 2 is 2.00 bits per heavy atom. The number of hydrogen-bond donors (Lipinski definition) is 1. The molecule has 0 aromatic carbocycles. The van der Waals surface area contributed by atoms with Crippen LogP contribution in [0.5, 0.6) is 0 Å². The Hall–Kier alpha value is -0.940. The van der Waals surface area contributed by atoms with E-state index in [1.807, 2.05) is 6.92 Å². The highest BCUT2D eigenvalue weighted by molar-refractivity contribution is 7.11. The van der Waals surface area contributed by atoms with E-state index in [9.17, 15) is 4.79 Å². The van der Waals surface area contributed by atoms with Crippen LogP contribution in [-0.4, -0.2) is 40.6 Å². The largest absolute Gasteiger partial charge is 0.481 e. The molecule has 1 aliphatic heterocycles. The summed E-state index contributed by atoms with van der Waals surface area (Å²) in [7, 11) is 0. The van der Waals surface area contributed by atoms with E-state index in [4.69, 9.17) is 5.11 Å². The molecule has 0 bridgehead atoms. The molecule has 4 nitrogen and oxygen atoms in total. The van der Waals surface area contributed by atoms with E-state index in [-0.39, 0.29) is 6.42 Å². The van der Waals surface area contributed by atoms with Crippen molar-refractivity contribution < 1.29 is 9.90 Å². The van der Waals surface area contributed by atoms with E-state index in [0.717, 1.165) is 35.0 Å². The lowest BCUT2D eigenvalue weighted by atomic mass is 10.2. The van der Waals surface area contributed by atoms with Gasteiger partial charge in [0.1, 0.15) is 0 Å². The molecular weight excluding hydrogens is 272 g/mol. The van der Waals surface area contributed by atoms with Crippen LogP contribution >= 0.6 is 11.3 Å². The zero-order valence-electron chi connectivity index (χ0n) is 12.2. The molecule has 0 saturated carbocycles. The van der Waals surface area contributed by atoms with Crippen LogP contribution in [0, 0.1) is 0 Å². The molecule has 0 spiro atoms. The molecular formula is C15H24N2O2S. The standard InChI is InChI=1S/C15H24N2O2S/c1-2-12-13(11-15(18)19)20-14(16-12)7-10-17-8-5-3-4-6-9-17/h2-11H2,1H3,(H,18,19). The molecule has 0 radical (unpaired) electrons. The van der Waals surface area contributed by atoms with Crippen LogP contribution < -0.4 is 0 Å². The molecule has 1 saturated heterocycles. The first-order valence-corrected chi connectivity index (χ1v) is 8.42. The van der Waals surface area contributed by atoms with Gasteiger partial charge in [0.15, 0.2) is 0 Å². The van der Waals surface area contributed by atoms with E-state index in [1.165, 1.54) is 38.8 Å². The van der Waals surface area contributed by atoms with Crippen LogP contribution in [0.1, 0.15) is 48.2 Å². The van der Waals surface area contributed by atoms with E-state index < -0.39 is 5.97 Å². The van der Waals surface area contributed by atoms with Crippen LogP contribution in [-0.2, 0) is 24.1 Å². The zero-order valence-corrected chi connectivity index (χ0v) is 13.0. The van der Waals surface area contributed by atoms with E-state index in [1.54, 1.807) is 11.3 Å². The van der Waals surface area contributed by atoms with Crippen molar-refractivity contribution in [1.29, 1.82) is 0 Å². The van der Waals surface area contributed by atoms with Gasteiger partial charge < -0.3 is 10.0 Å². The lowest BCUT2D eigenvalue weighted by Gasteiger charge is -2.18. The van der Waals surface area contributed by atoms with Gasteiger partial charge in [0.25, 0.3) is 0 Å². The summed E-state index contributed by atoms with van der Waals surface area (Å²) in [5.74, 6) is -0.762. The molecule has 1 aromatic rings. The average molecular weight is 296 g/mol. The van der Waals surface area contributed by atoms with Gasteiger partial charge in [-0.05, 0) is 32.4 Å². The maximum absolute atomic E-state index is 10.9. The van der Waals surface area contributed by atoms with E-state index in [0.29, 0.717) is 0 Å². The smallest absolute Gasteiger partial charge is 0.308 e. The quantitative estimate of drug-likeness (QED) is 0.877. The highest BCUT2D eigenvalue weighted by atomic mass is 32.1. The first-order chi connectivity index (χ1) is 9.69. The molecule has 20 heavy (non-hydrogen) atoms. The predicted octanol–water partition coefficient (Wildman–Crippen LogP) is 2.75. The normalized spacial score (nSPS) is 17.1. The highest BCUT2D eigenvalue weighted by Gasteiger charge is 2.14. The monoisotopic (exact) mass is 296 g/mol. The third-order valence-electron chi connectivity index (χ3n) is 3.81. The number of rotatable bonds is 6. The maximum Gasteiger partial charge on any atom is 0.308 e. The van der Waals surface area contributed by atoms with Gasteiger partial charge in [-0.3, -0.25) is 4.79 Å². The fraction of sp³-hybridized carbons (Fsp3) is 0.733. The van der Waals surface area contributed by atoms with Gasteiger partial charge in [0, 0.05) is 17.8 Å². The lowest BCUT2D eigenvalue weighted by molar-refractivity contribution is -0.136. The number of carbonyl (C=O) groups is 1. The summed E-state index contributed by atoms with van der Waals surface area (Å²) < 4.78 is 0. The van der Waals surface area contributed by atoms with Crippen LogP contribution in [0.2, 0.25) is 0 Å². The minimum Gasteiger partial charge on any atom is -0.481 e. The Balaban J connectivity index is 1.91. The summed E-state index contributed by atoms with van der Waals surface area (Å²) in [6, 6.07) is 0. The number of aryl methyl sites for hydroxylation is 1. The number of nitrogens with zero attached hydrogens (tertiary/aromatic N) is 2. The maximum atomic E-state index is 10.9. The van der Waals surface area contributed by atoms with Crippen LogP contribution in [0.3, 0.4) is 0 Å². The van der Waals surface area contributed by atoms with Gasteiger partial charge in [-0.15, -0.1) is 11.3 Å². The van der Waals surface area contributed by atoms with Gasteiger partial charge in [0.05, 0.1) is 17.1 Å². The molecule has 2 heterocycles. The van der Waals surface area contributed by atoms with Gasteiger partial charge >= 0.3 is 5.97 Å². The molecule has 1 aliphatic rings. The first kappa shape index (κ1) is 15.4. The molecule has 0 aliphatic carbocycles. The highest BCUT2D eigenvalue weighted by Crippen LogP contribution is 2.21. The van der Waals surface area contributed by atoms with Crippen LogP contribution in [0.15, 0.2) is 0 Å². The molecule has 1 N–H and O–H groups in total. The molecule has 1 aromatic heterocycles. The number of hydrogen-bond acceptors (Lipinski definition) is 4. The summed E-state index contributed by atoms with van der Waals surface area (Å²) in [6.07, 6.45) is 7.22. The van der Waals surface area contributed by atoms with Crippen molar-refractivity contribution >= 4 is 17.3 Å². The fourth-order valence-corrected chi connectivity index (χ4v) is 3.85. The number of carboxylic acids is 1. The van der Waals surface area contributed by atoms with Crippen molar-refractivity contribution in [2.24, 2.45) is 0 Å². The van der Waals surface area contributed by atoms with Crippen molar-refractivity contribution in [1.82, 2.24) is 9.88 Å². The van der Waals surface area contributed by atoms with Gasteiger partial charge in [-0.25, -0.2) is 4.98 Å². The SMILES string of the molecule is CCc1nc(CCN2CCCCCC2)sc1CC(=O)O. The third kappa shape index (κ3) is 4.56. The Bertz CT molecular complexity index is 437. The van der Waals surface area contributed by atoms with Crippen molar-refractivity contribution in [3.05, 3.63) is 15.6 Å². The lowest BCUT2D eigenvalue weighted by Crippen LogP contribution is -2.26. The Morgan fingerprint density at radius 3 is 2.60 bits per heavy atom. The zero-order chi connectivity index (χ0) is 14.4. The van der Waals surface area contributed by atoms with Gasteiger partial charge in [-0.2, -0.15) is 0 Å². The molecule has 0 unspecified atom stereocenters. The van der Waals surface area contributed by atoms with Crippen LogP contribution in [0.25, 0.3) is 0 Å². The minimum atomic E-state index is -0.762. The Labute approximate surface area is 124 Å². The average Bonchev–Trinajstić information content (AvgIpc) is 2.62. The van der Waals surface area contributed by atoms with Crippen molar-refractivity contribution in [3.63, 3.8) is 0 Å². The summed E-state index contributed by atoms with van der Waals surface area (Å²) in [6.45, 7) is 5.50. The van der Waals surface area contributed by atoms with Gasteiger partial charge in [0.2, 0.25) is 0 Å². The van der Waals surface area contributed by atoms with E-state index in [2.05, 4.69) is 9.88 Å². The van der Waals surface area contributed by atoms with Crippen LogP contribution in [0.4, 0.5) is 0 Å². The second-order valence-corrected chi connectivity index (χ2v) is 6.58. The van der Waals surface area contributed by atoms with Crippen molar-refractivity contribution in [2.45, 2.75) is 51.9 Å². The molecule has 112 valence electrons. The summed E-state index contributed by atoms with van der Waals surface area (Å²) in [5.41, 5.74) is 0.975. The van der Waals surface area contributed by atoms with E-state index >= 15 is 0 Å². The summed E-state index contributed by atoms with van der Waals surface area (Å²) in [5, 5.41) is 10.0. The summed E-state index contributed by atoms with van der Waals surface area (Å²) >= 11 is 1.59. The molecule has 0 atom stereocenters. The molecule has 1 fully saturated rings. The number of thiazole rings is 1. The second kappa shape index (κ2) is 7.74. The molecule has 2 rings (SSSR count). The third-order valence-corrected chi connectivity index (χ3v) is 4.97. The Morgan fingerprint density at radius 1 is 1.30 bits per heavy atom. The number of aromatic nitrogens is 1. The molecule has 0 amide bonds. The minimum absolute atomic E-state index is 0.116. The predicted molar refractivity (Wildman–Crippen MR) is 81.4 cm³/mol. The fourth-order valence-electron chi connectivity index (χ4n) is 2.71. The number of carboxylic acid groups (broad SMARTS) is 1. The Kier molecular flexibility index (Phi) is 5.98. The summed E-state index contributed by atoms with van der Waals surface area (Å²) in [4.78, 5) is 18.9. The second-order valence-electron chi connectivity index (χ2n) is 5.41. The van der Waals surface area contributed by atoms with Crippen molar-refractivity contribution in [2.75, 3.05) is 19.6 Å². The first-order valence-electron chi connectivity index (χ1n) is 7.60.